The minimum absolute atomic E-state index is 0.0214. The van der Waals surface area contributed by atoms with Crippen LogP contribution in [0.4, 0.5) is 0 Å². The van der Waals surface area contributed by atoms with E-state index in [1.165, 1.54) is 27.2 Å². The van der Waals surface area contributed by atoms with Gasteiger partial charge in [-0.05, 0) is 56.9 Å². The van der Waals surface area contributed by atoms with Crippen molar-refractivity contribution in [1.82, 2.24) is 36.8 Å². The normalized spacial score (nSPS) is 24.8. The lowest BCUT2D eigenvalue weighted by atomic mass is 9.94. The second kappa shape index (κ2) is 32.5. The summed E-state index contributed by atoms with van der Waals surface area (Å²) in [6.45, 7) is 13.7. The maximum Gasteiger partial charge on any atom is 0.328 e. The number of amides is 7. The molecule has 1 saturated heterocycles. The molecule has 0 aromatic heterocycles. The Labute approximate surface area is 448 Å². The molecule has 0 radical (unpaired) electrons. The van der Waals surface area contributed by atoms with Crippen molar-refractivity contribution >= 4 is 70.0 Å². The summed E-state index contributed by atoms with van der Waals surface area (Å²) in [5.41, 5.74) is 12.4. The van der Waals surface area contributed by atoms with Crippen molar-refractivity contribution in [3.63, 3.8) is 0 Å². The summed E-state index contributed by atoms with van der Waals surface area (Å²) in [7, 11) is 2.47. The highest BCUT2D eigenvalue weighted by Crippen LogP contribution is 2.19. The van der Waals surface area contributed by atoms with Crippen molar-refractivity contribution < 1.29 is 61.9 Å². The summed E-state index contributed by atoms with van der Waals surface area (Å²) in [6, 6.07) is 1.01. The van der Waals surface area contributed by atoms with Crippen LogP contribution in [0.2, 0.25) is 0 Å². The van der Waals surface area contributed by atoms with Gasteiger partial charge in [-0.3, -0.25) is 42.8 Å². The minimum atomic E-state index is -1.92. The molecule has 1 heterocycles. The Morgan fingerprint density at radius 3 is 2.04 bits per heavy atom. The van der Waals surface area contributed by atoms with Crippen molar-refractivity contribution in [3.05, 3.63) is 72.0 Å². The number of carbonyl (C=O) groups excluding carboxylic acids is 8. The molecule has 1 aliphatic heterocycles. The average molecular weight is 1090 g/mol. The second-order valence-corrected chi connectivity index (χ2v) is 20.9. The lowest BCUT2D eigenvalue weighted by molar-refractivity contribution is -0.147. The van der Waals surface area contributed by atoms with E-state index in [2.05, 4.69) is 43.5 Å². The Balaban J connectivity index is 2.81. The molecule has 11 atom stereocenters. The molecule has 0 aliphatic carbocycles. The smallest absolute Gasteiger partial charge is 0.328 e. The standard InChI is InChI=1S/C52H80N10O13S/c1-29(2)26-40-49(69)61-43(50(70)71)33(6)45(65)57-37(18-15-24-55-52(53)54)47(67)56-36(20-19-30(3)27-31(4)41(74-9)28-35-16-13-12-14-17-35)32(5)44(64)59-39(51(72)75-10)21-22-42(63)62(8)34(7)46(66)58-38(48(68)60-40)23-25-76(11)73/h12-14,16-17,19-20,27,29,31-33,36-41,43H,7,15,18,21-26,28H2,1-6,8-11H3,(H,56,67)(H,57,65)(H,58,66)(H,59,64)(H,60,68)(H,61,69)(H,70,71)(H4,53,54,55)/b20-19+,30-27+/t31-,32-,33-,36-,37-,38+,39+,40-,41-,43+,76?/m0/s1. The number of methoxy groups -OCH3 is 2. The summed E-state index contributed by atoms with van der Waals surface area (Å²) in [6.07, 6.45) is 5.98. The molecule has 422 valence electrons. The van der Waals surface area contributed by atoms with Gasteiger partial charge in [0, 0.05) is 55.8 Å². The van der Waals surface area contributed by atoms with Gasteiger partial charge in [-0.15, -0.1) is 0 Å². The molecule has 7 amide bonds. The number of likely N-dealkylation sites (N-methyl/N-ethyl adjacent to an activating group) is 1. The van der Waals surface area contributed by atoms with Crippen molar-refractivity contribution in [2.45, 2.75) is 129 Å². The molecule has 1 unspecified atom stereocenters. The highest BCUT2D eigenvalue weighted by Gasteiger charge is 2.38. The number of aliphatic imine (C=N–C) groups is 1. The Bertz CT molecular complexity index is 2320. The van der Waals surface area contributed by atoms with Gasteiger partial charge in [-0.1, -0.05) is 95.3 Å². The van der Waals surface area contributed by atoms with Crippen LogP contribution in [0.3, 0.4) is 0 Å². The predicted octanol–water partition coefficient (Wildman–Crippen LogP) is 0.455. The molecule has 1 aliphatic rings. The van der Waals surface area contributed by atoms with Gasteiger partial charge in [0.05, 0.1) is 31.1 Å². The number of ether oxygens (including phenoxy) is 2. The largest absolute Gasteiger partial charge is 0.480 e. The summed E-state index contributed by atoms with van der Waals surface area (Å²) < 4.78 is 23.0. The maximum absolute atomic E-state index is 14.5. The number of hydrogen-bond donors (Lipinski definition) is 9. The topological polar surface area (TPSA) is 349 Å². The van der Waals surface area contributed by atoms with Crippen molar-refractivity contribution in [1.29, 1.82) is 0 Å². The molecule has 1 aromatic rings. The number of nitrogens with two attached hydrogens (primary N) is 2. The summed E-state index contributed by atoms with van der Waals surface area (Å²) in [5.74, 6) is -12.2. The van der Waals surface area contributed by atoms with E-state index in [9.17, 15) is 52.5 Å². The van der Waals surface area contributed by atoms with Gasteiger partial charge in [-0.2, -0.15) is 0 Å². The summed E-state index contributed by atoms with van der Waals surface area (Å²) in [4.78, 5) is 129. The first kappa shape index (κ1) is 65.2. The molecule has 23 nitrogen and oxygen atoms in total. The van der Waals surface area contributed by atoms with Crippen LogP contribution >= 0.6 is 0 Å². The fourth-order valence-electron chi connectivity index (χ4n) is 8.01. The quantitative estimate of drug-likeness (QED) is 0.0241. The molecule has 2 rings (SSSR count). The summed E-state index contributed by atoms with van der Waals surface area (Å²) >= 11 is 0. The number of esters is 1. The van der Waals surface area contributed by atoms with Gasteiger partial charge in [0.25, 0.3) is 5.91 Å². The number of rotatable bonds is 18. The van der Waals surface area contributed by atoms with Crippen molar-refractivity contribution in [2.24, 2.45) is 40.1 Å². The van der Waals surface area contributed by atoms with E-state index < -0.39 is 124 Å². The van der Waals surface area contributed by atoms with Gasteiger partial charge >= 0.3 is 11.9 Å². The average Bonchev–Trinajstić information content (AvgIpc) is 3.36. The van der Waals surface area contributed by atoms with Crippen LogP contribution in [0, 0.1) is 23.7 Å². The Morgan fingerprint density at radius 1 is 0.868 bits per heavy atom. The van der Waals surface area contributed by atoms with Crippen LogP contribution in [0.15, 0.2) is 71.4 Å². The van der Waals surface area contributed by atoms with E-state index in [0.29, 0.717) is 6.42 Å². The number of aliphatic carboxylic acids is 1. The maximum atomic E-state index is 14.5. The number of nitrogens with one attached hydrogen (secondary N) is 6. The number of carbonyl (C=O) groups is 9. The third-order valence-electron chi connectivity index (χ3n) is 12.7. The van der Waals surface area contributed by atoms with Gasteiger partial charge in [0.15, 0.2) is 5.96 Å². The van der Waals surface area contributed by atoms with Gasteiger partial charge in [0.1, 0.15) is 35.9 Å². The Kier molecular flexibility index (Phi) is 27.8. The van der Waals surface area contributed by atoms with Gasteiger partial charge < -0.3 is 62.8 Å². The predicted molar refractivity (Wildman–Crippen MR) is 287 cm³/mol. The van der Waals surface area contributed by atoms with Crippen molar-refractivity contribution in [3.8, 4) is 0 Å². The minimum Gasteiger partial charge on any atom is -0.480 e. The number of nitrogens with zero attached hydrogens (tertiary/aromatic N) is 2. The first-order chi connectivity index (χ1) is 35.7. The number of guanidine groups is 1. The van der Waals surface area contributed by atoms with Crippen LogP contribution in [-0.4, -0.2) is 156 Å². The highest BCUT2D eigenvalue weighted by atomic mass is 32.2. The molecule has 1 fully saturated rings. The van der Waals surface area contributed by atoms with E-state index in [1.807, 2.05) is 50.3 Å². The molecular weight excluding hydrogens is 1000 g/mol. The third kappa shape index (κ3) is 22.1. The van der Waals surface area contributed by atoms with E-state index in [-0.39, 0.29) is 68.3 Å². The lowest BCUT2D eigenvalue weighted by Crippen LogP contribution is -2.59. The van der Waals surface area contributed by atoms with Crippen LogP contribution in [0.1, 0.15) is 85.6 Å². The second-order valence-electron chi connectivity index (χ2n) is 19.3. The SMILES string of the molecule is C=C1C(=O)N[C@H](CCS(C)=O)C(=O)N[C@@H](CC(C)C)C(=O)N[C@@H](C(=O)O)[C@H](C)C(=O)N[C@@H](CCCN=C(N)N)C(=O)N[C@@H](/C=C/C(C)=C/[C@H](C)[C@H](Cc2ccccc2)OC)[C@H](C)C(=O)N[C@@H](C(=O)OC)CCC(=O)N1C. The van der Waals surface area contributed by atoms with Crippen molar-refractivity contribution in [2.75, 3.05) is 39.8 Å². The molecule has 0 spiro atoms. The zero-order chi connectivity index (χ0) is 57.4. The third-order valence-corrected chi connectivity index (χ3v) is 13.5. The Hall–Kier alpha value is -6.95. The van der Waals surface area contributed by atoms with E-state index in [1.54, 1.807) is 33.1 Å². The first-order valence-electron chi connectivity index (χ1n) is 25.1. The molecule has 76 heavy (non-hydrogen) atoms. The molecule has 24 heteroatoms. The number of benzene rings is 1. The number of carboxylic acids is 1. The number of hydrogen-bond acceptors (Lipinski definition) is 13. The summed E-state index contributed by atoms with van der Waals surface area (Å²) in [5, 5.41) is 25.8. The van der Waals surface area contributed by atoms with E-state index in [0.717, 1.165) is 23.1 Å². The number of carboxylic acid groups (broad SMARTS) is 1. The van der Waals surface area contributed by atoms with Crippen LogP contribution in [0.5, 0.6) is 0 Å². The van der Waals surface area contributed by atoms with Crippen LogP contribution < -0.4 is 43.4 Å². The molecule has 0 saturated carbocycles. The van der Waals surface area contributed by atoms with Crippen LogP contribution in [0.25, 0.3) is 0 Å². The first-order valence-corrected chi connectivity index (χ1v) is 26.8. The van der Waals surface area contributed by atoms with Gasteiger partial charge in [0.2, 0.25) is 35.4 Å². The monoisotopic (exact) mass is 1080 g/mol. The molecule has 0 bridgehead atoms. The molecule has 11 N–H and O–H groups in total. The number of allylic oxidation sites excluding steroid dienone is 2. The van der Waals surface area contributed by atoms with Gasteiger partial charge in [-0.25, -0.2) is 9.59 Å². The molecule has 1 aromatic carbocycles. The zero-order valence-electron chi connectivity index (χ0n) is 45.3. The molecular formula is C52H80N10O13S. The fraction of sp³-hybridized carbons (Fsp3) is 0.577. The van der Waals surface area contributed by atoms with E-state index >= 15 is 0 Å². The fourth-order valence-corrected chi connectivity index (χ4v) is 8.58. The lowest BCUT2D eigenvalue weighted by Gasteiger charge is -2.29. The van der Waals surface area contributed by atoms with Crippen LogP contribution in [-0.2, 0) is 69.8 Å². The zero-order valence-corrected chi connectivity index (χ0v) is 46.2. The Morgan fingerprint density at radius 2 is 1.46 bits per heavy atom. The van der Waals surface area contributed by atoms with E-state index in [4.69, 9.17) is 20.9 Å². The highest BCUT2D eigenvalue weighted by molar-refractivity contribution is 7.84.